The van der Waals surface area contributed by atoms with Gasteiger partial charge >= 0.3 is 0 Å². The zero-order chi connectivity index (χ0) is 13.2. The first kappa shape index (κ1) is 13.3. The van der Waals surface area contributed by atoms with Crippen molar-refractivity contribution in [3.63, 3.8) is 0 Å². The number of hydrogen-bond donors (Lipinski definition) is 1. The van der Waals surface area contributed by atoms with Crippen molar-refractivity contribution >= 4 is 5.78 Å². The highest BCUT2D eigenvalue weighted by Crippen LogP contribution is 2.23. The lowest BCUT2D eigenvalue weighted by molar-refractivity contribution is -0.121. The number of nitrogens with one attached hydrogen (secondary N) is 1. The van der Waals surface area contributed by atoms with Crippen LogP contribution in [-0.2, 0) is 16.6 Å². The number of piperidine rings is 1. The molecule has 0 radical (unpaired) electrons. The zero-order valence-corrected chi connectivity index (χ0v) is 11.5. The molecule has 1 aromatic rings. The lowest BCUT2D eigenvalue weighted by atomic mass is 9.92. The highest BCUT2D eigenvalue weighted by atomic mass is 16.5. The SMILES string of the molecule is CC(C)(C)c1cc(CC(=O)C2CCCCN2)no1. The zero-order valence-electron chi connectivity index (χ0n) is 11.5. The van der Waals surface area contributed by atoms with Crippen molar-refractivity contribution in [3.8, 4) is 0 Å². The molecule has 4 nitrogen and oxygen atoms in total. The predicted octanol–water partition coefficient (Wildman–Crippen LogP) is 2.23. The first-order valence-corrected chi connectivity index (χ1v) is 6.69. The summed E-state index contributed by atoms with van der Waals surface area (Å²) in [5.41, 5.74) is 0.689. The highest BCUT2D eigenvalue weighted by molar-refractivity contribution is 5.85. The lowest BCUT2D eigenvalue weighted by Gasteiger charge is -2.21. The summed E-state index contributed by atoms with van der Waals surface area (Å²) in [4.78, 5) is 12.1. The van der Waals surface area contributed by atoms with Gasteiger partial charge in [0.15, 0.2) is 5.78 Å². The molecule has 18 heavy (non-hydrogen) atoms. The molecule has 0 bridgehead atoms. The first-order valence-electron chi connectivity index (χ1n) is 6.69. The van der Waals surface area contributed by atoms with Gasteiger partial charge in [-0.25, -0.2) is 0 Å². The molecule has 1 saturated heterocycles. The minimum absolute atomic E-state index is 0.00790. The molecule has 1 unspecified atom stereocenters. The normalized spacial score (nSPS) is 20.9. The molecule has 0 spiro atoms. The lowest BCUT2D eigenvalue weighted by Crippen LogP contribution is -2.41. The second kappa shape index (κ2) is 5.22. The average molecular weight is 250 g/mol. The van der Waals surface area contributed by atoms with Crippen LogP contribution in [0.5, 0.6) is 0 Å². The van der Waals surface area contributed by atoms with Gasteiger partial charge in [0.2, 0.25) is 0 Å². The number of hydrogen-bond acceptors (Lipinski definition) is 4. The summed E-state index contributed by atoms with van der Waals surface area (Å²) in [5.74, 6) is 1.06. The van der Waals surface area contributed by atoms with Crippen LogP contribution >= 0.6 is 0 Å². The van der Waals surface area contributed by atoms with Crippen LogP contribution in [0.4, 0.5) is 0 Å². The Morgan fingerprint density at radius 1 is 1.50 bits per heavy atom. The molecular formula is C14H22N2O2. The Kier molecular flexibility index (Phi) is 3.85. The van der Waals surface area contributed by atoms with E-state index in [-0.39, 0.29) is 17.2 Å². The van der Waals surface area contributed by atoms with Crippen LogP contribution < -0.4 is 5.32 Å². The number of ketones is 1. The van der Waals surface area contributed by atoms with E-state index < -0.39 is 0 Å². The van der Waals surface area contributed by atoms with Gasteiger partial charge in [0.1, 0.15) is 5.76 Å². The minimum Gasteiger partial charge on any atom is -0.361 e. The molecule has 1 atom stereocenters. The molecule has 1 aliphatic heterocycles. The second-order valence-electron chi connectivity index (χ2n) is 6.08. The standard InChI is InChI=1S/C14H22N2O2/c1-14(2,3)13-9-10(16-18-13)8-12(17)11-6-4-5-7-15-11/h9,11,15H,4-8H2,1-3H3. The monoisotopic (exact) mass is 250 g/mol. The van der Waals surface area contributed by atoms with Crippen molar-refractivity contribution in [1.82, 2.24) is 10.5 Å². The van der Waals surface area contributed by atoms with Crippen LogP contribution in [0.15, 0.2) is 10.6 Å². The smallest absolute Gasteiger partial charge is 0.155 e. The van der Waals surface area contributed by atoms with Crippen molar-refractivity contribution in [2.75, 3.05) is 6.54 Å². The van der Waals surface area contributed by atoms with E-state index in [1.807, 2.05) is 6.07 Å². The summed E-state index contributed by atoms with van der Waals surface area (Å²) in [6, 6.07) is 1.91. The maximum Gasteiger partial charge on any atom is 0.155 e. The maximum absolute atomic E-state index is 12.1. The van der Waals surface area contributed by atoms with Crippen molar-refractivity contribution in [3.05, 3.63) is 17.5 Å². The second-order valence-corrected chi connectivity index (χ2v) is 6.08. The largest absolute Gasteiger partial charge is 0.361 e. The fraction of sp³-hybridized carbons (Fsp3) is 0.714. The van der Waals surface area contributed by atoms with Crippen LogP contribution in [0.3, 0.4) is 0 Å². The molecule has 1 aliphatic rings. The molecule has 1 N–H and O–H groups in total. The highest BCUT2D eigenvalue weighted by Gasteiger charge is 2.24. The third-order valence-corrected chi connectivity index (χ3v) is 3.35. The van der Waals surface area contributed by atoms with E-state index >= 15 is 0 Å². The molecule has 0 amide bonds. The topological polar surface area (TPSA) is 55.1 Å². The molecule has 0 saturated carbocycles. The molecule has 0 aromatic carbocycles. The van der Waals surface area contributed by atoms with Crippen LogP contribution in [0.25, 0.3) is 0 Å². The first-order chi connectivity index (χ1) is 8.47. The molecule has 1 fully saturated rings. The van der Waals surface area contributed by atoms with Crippen LogP contribution in [0, 0.1) is 0 Å². The Labute approximate surface area is 108 Å². The summed E-state index contributed by atoms with van der Waals surface area (Å²) >= 11 is 0. The van der Waals surface area contributed by atoms with Crippen molar-refractivity contribution in [2.45, 2.75) is 57.9 Å². The number of aromatic nitrogens is 1. The van der Waals surface area contributed by atoms with E-state index in [4.69, 9.17) is 4.52 Å². The summed E-state index contributed by atoms with van der Waals surface area (Å²) in [5, 5.41) is 7.26. The van der Waals surface area contributed by atoms with Crippen LogP contribution in [-0.4, -0.2) is 23.5 Å². The predicted molar refractivity (Wildman–Crippen MR) is 69.6 cm³/mol. The summed E-state index contributed by atoms with van der Waals surface area (Å²) in [7, 11) is 0. The van der Waals surface area contributed by atoms with Gasteiger partial charge in [-0.1, -0.05) is 32.3 Å². The van der Waals surface area contributed by atoms with Gasteiger partial charge in [-0.15, -0.1) is 0 Å². The average Bonchev–Trinajstić information content (AvgIpc) is 2.78. The van der Waals surface area contributed by atoms with Gasteiger partial charge in [-0.05, 0) is 19.4 Å². The summed E-state index contributed by atoms with van der Waals surface area (Å²) in [6.07, 6.45) is 3.62. The van der Waals surface area contributed by atoms with E-state index in [0.29, 0.717) is 6.42 Å². The maximum atomic E-state index is 12.1. The summed E-state index contributed by atoms with van der Waals surface area (Å²) < 4.78 is 5.29. The minimum atomic E-state index is -0.0581. The molecule has 1 aromatic heterocycles. The van der Waals surface area contributed by atoms with Crippen LogP contribution in [0.2, 0.25) is 0 Å². The quantitative estimate of drug-likeness (QED) is 0.893. The number of nitrogens with zero attached hydrogens (tertiary/aromatic N) is 1. The van der Waals surface area contributed by atoms with E-state index in [2.05, 4.69) is 31.2 Å². The van der Waals surface area contributed by atoms with Crippen molar-refractivity contribution in [2.24, 2.45) is 0 Å². The molecule has 2 heterocycles. The van der Waals surface area contributed by atoms with Gasteiger partial charge in [-0.3, -0.25) is 4.79 Å². The van der Waals surface area contributed by atoms with Gasteiger partial charge in [0, 0.05) is 11.5 Å². The summed E-state index contributed by atoms with van der Waals surface area (Å²) in [6.45, 7) is 7.16. The fourth-order valence-corrected chi connectivity index (χ4v) is 2.18. The number of carbonyl (C=O) groups excluding carboxylic acids is 1. The van der Waals surface area contributed by atoms with Crippen molar-refractivity contribution in [1.29, 1.82) is 0 Å². The number of carbonyl (C=O) groups is 1. The number of Topliss-reactive ketones (excluding diaryl/α,β-unsaturated/α-hetero) is 1. The van der Waals surface area contributed by atoms with Gasteiger partial charge in [-0.2, -0.15) is 0 Å². The van der Waals surface area contributed by atoms with Gasteiger partial charge in [0.25, 0.3) is 0 Å². The molecular weight excluding hydrogens is 228 g/mol. The molecule has 4 heteroatoms. The van der Waals surface area contributed by atoms with E-state index in [1.165, 1.54) is 6.42 Å². The third kappa shape index (κ3) is 3.19. The number of rotatable bonds is 3. The Hall–Kier alpha value is -1.16. The molecule has 2 rings (SSSR count). The third-order valence-electron chi connectivity index (χ3n) is 3.35. The van der Waals surface area contributed by atoms with E-state index in [9.17, 15) is 4.79 Å². The van der Waals surface area contributed by atoms with E-state index in [0.717, 1.165) is 30.8 Å². The molecule has 100 valence electrons. The molecule has 0 aliphatic carbocycles. The fourth-order valence-electron chi connectivity index (χ4n) is 2.18. The van der Waals surface area contributed by atoms with Crippen molar-refractivity contribution < 1.29 is 9.32 Å². The van der Waals surface area contributed by atoms with Crippen LogP contribution in [0.1, 0.15) is 51.5 Å². The van der Waals surface area contributed by atoms with Gasteiger partial charge < -0.3 is 9.84 Å². The Balaban J connectivity index is 1.96. The van der Waals surface area contributed by atoms with E-state index in [1.54, 1.807) is 0 Å². The Morgan fingerprint density at radius 2 is 2.28 bits per heavy atom. The Bertz CT molecular complexity index is 412. The Morgan fingerprint density at radius 3 is 2.83 bits per heavy atom. The van der Waals surface area contributed by atoms with Gasteiger partial charge in [0.05, 0.1) is 18.2 Å².